The molecule has 0 amide bonds. The van der Waals surface area contributed by atoms with Gasteiger partial charge in [0.2, 0.25) is 0 Å². The minimum absolute atomic E-state index is 0.345. The van der Waals surface area contributed by atoms with Crippen LogP contribution in [0.15, 0.2) is 18.2 Å². The van der Waals surface area contributed by atoms with Crippen molar-refractivity contribution >= 4 is 11.6 Å². The summed E-state index contributed by atoms with van der Waals surface area (Å²) >= 11 is 6.10. The predicted molar refractivity (Wildman–Crippen MR) is 108 cm³/mol. The summed E-state index contributed by atoms with van der Waals surface area (Å²) < 4.78 is 5.55. The van der Waals surface area contributed by atoms with Crippen LogP contribution in [0, 0.1) is 0 Å². The maximum atomic E-state index is 10.1. The second-order valence-corrected chi connectivity index (χ2v) is 8.78. The smallest absolute Gasteiger partial charge is 0.120 e. The molecule has 3 fully saturated rings. The van der Waals surface area contributed by atoms with E-state index in [2.05, 4.69) is 15.1 Å². The molecule has 3 aliphatic rings. The lowest BCUT2D eigenvalue weighted by Crippen LogP contribution is -2.53. The van der Waals surface area contributed by atoms with E-state index in [1.54, 1.807) is 12.1 Å². The second kappa shape index (κ2) is 9.10. The molecule has 2 atom stereocenters. The standard InChI is InChI=1S/C21H32ClN3O2/c22-17-3-4-21(26)16(12-17)13-24-8-1-2-19(14-24)23-18-5-9-25(10-6-18)20-7-11-27-15-20/h3-4,12,18-20,23,26H,1-2,5-11,13-15H2. The van der Waals surface area contributed by atoms with Gasteiger partial charge in [-0.1, -0.05) is 11.6 Å². The molecule has 3 saturated heterocycles. The molecule has 0 aromatic heterocycles. The molecule has 3 heterocycles. The number of rotatable bonds is 5. The maximum absolute atomic E-state index is 10.1. The van der Waals surface area contributed by atoms with Gasteiger partial charge in [-0.25, -0.2) is 0 Å². The van der Waals surface area contributed by atoms with Crippen LogP contribution >= 0.6 is 11.6 Å². The third kappa shape index (κ3) is 5.15. The third-order valence-corrected chi connectivity index (χ3v) is 6.60. The number of likely N-dealkylation sites (tertiary alicyclic amines) is 2. The number of nitrogens with zero attached hydrogens (tertiary/aromatic N) is 2. The van der Waals surface area contributed by atoms with Gasteiger partial charge in [-0.3, -0.25) is 9.80 Å². The Morgan fingerprint density at radius 2 is 1.96 bits per heavy atom. The largest absolute Gasteiger partial charge is 0.508 e. The molecule has 5 nitrogen and oxygen atoms in total. The Hall–Kier alpha value is -0.850. The summed E-state index contributed by atoms with van der Waals surface area (Å²) in [7, 11) is 0. The number of hydrogen-bond donors (Lipinski definition) is 2. The Morgan fingerprint density at radius 1 is 1.11 bits per heavy atom. The highest BCUT2D eigenvalue weighted by Crippen LogP contribution is 2.25. The van der Waals surface area contributed by atoms with E-state index >= 15 is 0 Å². The van der Waals surface area contributed by atoms with Crippen molar-refractivity contribution in [2.75, 3.05) is 39.4 Å². The summed E-state index contributed by atoms with van der Waals surface area (Å²) in [5.41, 5.74) is 0.926. The van der Waals surface area contributed by atoms with E-state index in [-0.39, 0.29) is 0 Å². The summed E-state index contributed by atoms with van der Waals surface area (Å²) in [6.07, 6.45) is 6.13. The van der Waals surface area contributed by atoms with E-state index < -0.39 is 0 Å². The first-order valence-electron chi connectivity index (χ1n) is 10.4. The molecule has 1 aromatic rings. The van der Waals surface area contributed by atoms with Gasteiger partial charge in [0.15, 0.2) is 0 Å². The Bertz CT molecular complexity index is 615. The van der Waals surface area contributed by atoms with Gasteiger partial charge in [0.25, 0.3) is 0 Å². The summed E-state index contributed by atoms with van der Waals surface area (Å²) in [5.74, 6) is 0.345. The lowest BCUT2D eigenvalue weighted by molar-refractivity contribution is 0.107. The Kier molecular flexibility index (Phi) is 6.56. The number of phenolic OH excluding ortho intramolecular Hbond substituents is 1. The molecule has 0 bridgehead atoms. The minimum Gasteiger partial charge on any atom is -0.508 e. The van der Waals surface area contributed by atoms with Crippen molar-refractivity contribution in [3.63, 3.8) is 0 Å². The topological polar surface area (TPSA) is 48.0 Å². The first-order chi connectivity index (χ1) is 13.2. The average molecular weight is 394 g/mol. The van der Waals surface area contributed by atoms with Gasteiger partial charge < -0.3 is 15.2 Å². The van der Waals surface area contributed by atoms with Crippen LogP contribution in [0.4, 0.5) is 0 Å². The molecular weight excluding hydrogens is 362 g/mol. The maximum Gasteiger partial charge on any atom is 0.120 e. The van der Waals surface area contributed by atoms with E-state index in [9.17, 15) is 5.11 Å². The average Bonchev–Trinajstić information content (AvgIpc) is 3.20. The van der Waals surface area contributed by atoms with Crippen molar-refractivity contribution in [1.82, 2.24) is 15.1 Å². The van der Waals surface area contributed by atoms with Crippen LogP contribution < -0.4 is 5.32 Å². The molecule has 150 valence electrons. The van der Waals surface area contributed by atoms with Gasteiger partial charge in [0.1, 0.15) is 5.75 Å². The molecule has 3 aliphatic heterocycles. The van der Waals surface area contributed by atoms with Gasteiger partial charge in [0.05, 0.1) is 6.61 Å². The molecule has 4 rings (SSSR count). The van der Waals surface area contributed by atoms with Crippen LogP contribution in [0.5, 0.6) is 5.75 Å². The Balaban J connectivity index is 1.24. The SMILES string of the molecule is Oc1ccc(Cl)cc1CN1CCCC(NC2CCN(C3CCOC3)CC2)C1. The highest BCUT2D eigenvalue weighted by atomic mass is 35.5. The van der Waals surface area contributed by atoms with Crippen molar-refractivity contribution in [1.29, 1.82) is 0 Å². The summed E-state index contributed by atoms with van der Waals surface area (Å²) in [5, 5.41) is 14.7. The van der Waals surface area contributed by atoms with Crippen LogP contribution in [0.2, 0.25) is 5.02 Å². The van der Waals surface area contributed by atoms with Crippen molar-refractivity contribution < 1.29 is 9.84 Å². The molecule has 2 N–H and O–H groups in total. The van der Waals surface area contributed by atoms with E-state index in [1.165, 1.54) is 45.2 Å². The lowest BCUT2D eigenvalue weighted by atomic mass is 9.98. The zero-order chi connectivity index (χ0) is 18.6. The van der Waals surface area contributed by atoms with E-state index in [0.717, 1.165) is 38.4 Å². The van der Waals surface area contributed by atoms with Crippen molar-refractivity contribution in [2.45, 2.75) is 56.8 Å². The van der Waals surface area contributed by atoms with E-state index in [0.29, 0.717) is 28.9 Å². The highest BCUT2D eigenvalue weighted by molar-refractivity contribution is 6.30. The first-order valence-corrected chi connectivity index (χ1v) is 10.8. The zero-order valence-corrected chi connectivity index (χ0v) is 16.8. The fourth-order valence-corrected chi connectivity index (χ4v) is 5.03. The molecule has 6 heteroatoms. The number of halogens is 1. The highest BCUT2D eigenvalue weighted by Gasteiger charge is 2.29. The van der Waals surface area contributed by atoms with Gasteiger partial charge >= 0.3 is 0 Å². The number of hydrogen-bond acceptors (Lipinski definition) is 5. The number of piperidine rings is 2. The van der Waals surface area contributed by atoms with E-state index in [4.69, 9.17) is 16.3 Å². The Labute approximate surface area is 167 Å². The van der Waals surface area contributed by atoms with Crippen molar-refractivity contribution in [2.24, 2.45) is 0 Å². The molecule has 2 unspecified atom stereocenters. The quantitative estimate of drug-likeness (QED) is 0.805. The van der Waals surface area contributed by atoms with Gasteiger partial charge in [-0.05, 0) is 56.8 Å². The number of phenols is 1. The molecule has 0 aliphatic carbocycles. The van der Waals surface area contributed by atoms with Crippen LogP contribution in [0.3, 0.4) is 0 Å². The van der Waals surface area contributed by atoms with Crippen molar-refractivity contribution in [3.8, 4) is 5.75 Å². The first kappa shape index (κ1) is 19.5. The van der Waals surface area contributed by atoms with Crippen LogP contribution in [0.1, 0.15) is 37.7 Å². The van der Waals surface area contributed by atoms with Crippen molar-refractivity contribution in [3.05, 3.63) is 28.8 Å². The fraction of sp³-hybridized carbons (Fsp3) is 0.714. The van der Waals surface area contributed by atoms with Crippen LogP contribution in [0.25, 0.3) is 0 Å². The monoisotopic (exact) mass is 393 g/mol. The van der Waals surface area contributed by atoms with E-state index in [1.807, 2.05) is 6.07 Å². The number of ether oxygens (including phenoxy) is 1. The second-order valence-electron chi connectivity index (χ2n) is 8.34. The molecule has 27 heavy (non-hydrogen) atoms. The predicted octanol–water partition coefficient (Wildman–Crippen LogP) is 2.85. The van der Waals surface area contributed by atoms with Gasteiger partial charge in [-0.2, -0.15) is 0 Å². The minimum atomic E-state index is 0.345. The normalized spacial score (nSPS) is 28.6. The molecule has 0 radical (unpaired) electrons. The summed E-state index contributed by atoms with van der Waals surface area (Å²) in [4.78, 5) is 5.07. The third-order valence-electron chi connectivity index (χ3n) is 6.36. The number of benzene rings is 1. The Morgan fingerprint density at radius 3 is 2.74 bits per heavy atom. The lowest BCUT2D eigenvalue weighted by Gasteiger charge is -2.39. The van der Waals surface area contributed by atoms with Crippen LogP contribution in [-0.4, -0.2) is 72.4 Å². The molecule has 0 saturated carbocycles. The molecule has 1 aromatic carbocycles. The molecule has 0 spiro atoms. The van der Waals surface area contributed by atoms with Crippen LogP contribution in [-0.2, 0) is 11.3 Å². The zero-order valence-electron chi connectivity index (χ0n) is 16.1. The van der Waals surface area contributed by atoms with Gasteiger partial charge in [0, 0.05) is 61.5 Å². The summed E-state index contributed by atoms with van der Waals surface area (Å²) in [6.45, 7) is 7.14. The number of aromatic hydroxyl groups is 1. The fourth-order valence-electron chi connectivity index (χ4n) is 4.83. The number of nitrogens with one attached hydrogen (secondary N) is 1. The van der Waals surface area contributed by atoms with Gasteiger partial charge in [-0.15, -0.1) is 0 Å². The summed E-state index contributed by atoms with van der Waals surface area (Å²) in [6, 6.07) is 7.16. The molecular formula is C21H32ClN3O2.